The first-order chi connectivity index (χ1) is 13.2. The molecule has 1 aliphatic heterocycles. The fraction of sp³-hybridized carbons (Fsp3) is 0.211. The van der Waals surface area contributed by atoms with Crippen molar-refractivity contribution < 1.29 is 4.79 Å². The van der Waals surface area contributed by atoms with Crippen LogP contribution in [0.4, 0.5) is 5.82 Å². The molecule has 134 valence electrons. The summed E-state index contributed by atoms with van der Waals surface area (Å²) in [5, 5.41) is 8.87. The van der Waals surface area contributed by atoms with Crippen molar-refractivity contribution in [3.8, 4) is 11.9 Å². The number of nitriles is 1. The molecule has 0 saturated carbocycles. The maximum Gasteiger partial charge on any atom is 0.253 e. The molecule has 2 aromatic heterocycles. The average Bonchev–Trinajstić information content (AvgIpc) is 3.29. The average molecular weight is 359 g/mol. The van der Waals surface area contributed by atoms with E-state index in [2.05, 4.69) is 25.9 Å². The van der Waals surface area contributed by atoms with Crippen molar-refractivity contribution in [3.63, 3.8) is 0 Å². The number of nitrogens with zero attached hydrogens (tertiary/aromatic N) is 7. The van der Waals surface area contributed by atoms with Crippen LogP contribution in [0.5, 0.6) is 0 Å². The Bertz CT molecular complexity index is 968. The molecule has 0 N–H and O–H groups in total. The van der Waals surface area contributed by atoms with Gasteiger partial charge in [-0.15, -0.1) is 0 Å². The number of rotatable bonds is 3. The molecule has 1 saturated heterocycles. The molecule has 27 heavy (non-hydrogen) atoms. The second-order valence-electron chi connectivity index (χ2n) is 6.17. The molecule has 3 heterocycles. The molecule has 4 rings (SSSR count). The summed E-state index contributed by atoms with van der Waals surface area (Å²) >= 11 is 0. The van der Waals surface area contributed by atoms with Crippen molar-refractivity contribution in [2.75, 3.05) is 31.1 Å². The van der Waals surface area contributed by atoms with Crippen LogP contribution in [0, 0.1) is 11.3 Å². The fourth-order valence-electron chi connectivity index (χ4n) is 3.05. The predicted molar refractivity (Wildman–Crippen MR) is 98.4 cm³/mol. The summed E-state index contributed by atoms with van der Waals surface area (Å²) in [5.41, 5.74) is 1.15. The Balaban J connectivity index is 1.42. The highest BCUT2D eigenvalue weighted by Gasteiger charge is 2.23. The molecule has 8 heteroatoms. The largest absolute Gasteiger partial charge is 0.353 e. The molecule has 1 fully saturated rings. The van der Waals surface area contributed by atoms with Gasteiger partial charge in [0.25, 0.3) is 5.91 Å². The van der Waals surface area contributed by atoms with Crippen LogP contribution < -0.4 is 4.90 Å². The first-order valence-corrected chi connectivity index (χ1v) is 8.59. The van der Waals surface area contributed by atoms with Crippen molar-refractivity contribution in [3.05, 3.63) is 66.5 Å². The van der Waals surface area contributed by atoms with Gasteiger partial charge in [-0.2, -0.15) is 5.26 Å². The number of imidazole rings is 1. The van der Waals surface area contributed by atoms with Gasteiger partial charge in [0.15, 0.2) is 0 Å². The molecule has 1 amide bonds. The van der Waals surface area contributed by atoms with E-state index < -0.39 is 0 Å². The van der Waals surface area contributed by atoms with Crippen molar-refractivity contribution in [1.29, 1.82) is 5.26 Å². The lowest BCUT2D eigenvalue weighted by Gasteiger charge is -2.35. The third-order valence-electron chi connectivity index (χ3n) is 4.56. The van der Waals surface area contributed by atoms with Gasteiger partial charge in [-0.25, -0.2) is 15.0 Å². The van der Waals surface area contributed by atoms with E-state index in [1.807, 2.05) is 21.7 Å². The zero-order valence-electron chi connectivity index (χ0n) is 14.6. The number of carbonyl (C=O) groups is 1. The summed E-state index contributed by atoms with van der Waals surface area (Å²) in [4.78, 5) is 29.3. The van der Waals surface area contributed by atoms with E-state index in [4.69, 9.17) is 5.26 Å². The monoisotopic (exact) mass is 359 g/mol. The Labute approximate surface area is 156 Å². The van der Waals surface area contributed by atoms with Crippen LogP contribution in [0.15, 0.2) is 55.4 Å². The summed E-state index contributed by atoms with van der Waals surface area (Å²) in [5.74, 6) is 1.58. The topological polar surface area (TPSA) is 90.9 Å². The van der Waals surface area contributed by atoms with E-state index in [1.165, 1.54) is 0 Å². The molecule has 0 atom stereocenters. The highest BCUT2D eigenvalue weighted by Crippen LogP contribution is 2.17. The van der Waals surface area contributed by atoms with Crippen LogP contribution >= 0.6 is 0 Å². The van der Waals surface area contributed by atoms with E-state index >= 15 is 0 Å². The Hall–Kier alpha value is -3.73. The second kappa shape index (κ2) is 7.25. The van der Waals surface area contributed by atoms with Gasteiger partial charge in [-0.05, 0) is 24.3 Å². The molecule has 1 aliphatic rings. The molecule has 8 nitrogen and oxygen atoms in total. The number of piperazine rings is 1. The van der Waals surface area contributed by atoms with Crippen LogP contribution in [0.3, 0.4) is 0 Å². The Kier molecular flexibility index (Phi) is 4.49. The molecule has 0 unspecified atom stereocenters. The molecule has 1 aromatic carbocycles. The normalized spacial score (nSPS) is 14.0. The number of anilines is 1. The van der Waals surface area contributed by atoms with Gasteiger partial charge in [0.05, 0.1) is 11.6 Å². The molecule has 0 spiro atoms. The van der Waals surface area contributed by atoms with Crippen LogP contribution in [0.25, 0.3) is 5.82 Å². The Morgan fingerprint density at radius 2 is 1.78 bits per heavy atom. The zero-order chi connectivity index (χ0) is 18.6. The van der Waals surface area contributed by atoms with Gasteiger partial charge in [-0.3, -0.25) is 9.36 Å². The lowest BCUT2D eigenvalue weighted by Crippen LogP contribution is -2.49. The van der Waals surface area contributed by atoms with E-state index in [9.17, 15) is 4.79 Å². The maximum absolute atomic E-state index is 12.6. The minimum Gasteiger partial charge on any atom is -0.353 e. The smallest absolute Gasteiger partial charge is 0.253 e. The first-order valence-electron chi connectivity index (χ1n) is 8.59. The van der Waals surface area contributed by atoms with Crippen molar-refractivity contribution in [1.82, 2.24) is 24.4 Å². The number of carbonyl (C=O) groups excluding carboxylic acids is 1. The van der Waals surface area contributed by atoms with E-state index in [1.54, 1.807) is 43.1 Å². The molecule has 0 radical (unpaired) electrons. The lowest BCUT2D eigenvalue weighted by molar-refractivity contribution is 0.0746. The van der Waals surface area contributed by atoms with E-state index in [0.717, 1.165) is 11.6 Å². The SMILES string of the molecule is N#Cc1ccc(C(=O)N2CCN(c3cc(-n4ccnc4)ncn3)CC2)cc1. The number of aromatic nitrogens is 4. The summed E-state index contributed by atoms with van der Waals surface area (Å²) in [6.07, 6.45) is 6.77. The highest BCUT2D eigenvalue weighted by molar-refractivity contribution is 5.94. The van der Waals surface area contributed by atoms with Crippen LogP contribution in [0.1, 0.15) is 15.9 Å². The third kappa shape index (κ3) is 3.48. The summed E-state index contributed by atoms with van der Waals surface area (Å²) in [6, 6.07) is 10.7. The van der Waals surface area contributed by atoms with Gasteiger partial charge in [-0.1, -0.05) is 0 Å². The third-order valence-corrected chi connectivity index (χ3v) is 4.56. The quantitative estimate of drug-likeness (QED) is 0.704. The van der Waals surface area contributed by atoms with Crippen LogP contribution in [-0.2, 0) is 0 Å². The van der Waals surface area contributed by atoms with E-state index in [-0.39, 0.29) is 5.91 Å². The molecule has 0 aliphatic carbocycles. The predicted octanol–water partition coefficient (Wildman–Crippen LogP) is 1.50. The van der Waals surface area contributed by atoms with Gasteiger partial charge >= 0.3 is 0 Å². The highest BCUT2D eigenvalue weighted by atomic mass is 16.2. The summed E-state index contributed by atoms with van der Waals surface area (Å²) < 4.78 is 1.83. The Morgan fingerprint density at radius 3 is 2.44 bits per heavy atom. The van der Waals surface area contributed by atoms with Gasteiger partial charge in [0.1, 0.15) is 24.3 Å². The second-order valence-corrected chi connectivity index (χ2v) is 6.17. The van der Waals surface area contributed by atoms with Crippen LogP contribution in [-0.4, -0.2) is 56.5 Å². The van der Waals surface area contributed by atoms with Gasteiger partial charge < -0.3 is 9.80 Å². The molecular weight excluding hydrogens is 342 g/mol. The number of benzene rings is 1. The first kappa shape index (κ1) is 16.7. The lowest BCUT2D eigenvalue weighted by atomic mass is 10.1. The summed E-state index contributed by atoms with van der Waals surface area (Å²) in [6.45, 7) is 2.62. The minimum absolute atomic E-state index is 0.0130. The summed E-state index contributed by atoms with van der Waals surface area (Å²) in [7, 11) is 0. The van der Waals surface area contributed by atoms with Crippen molar-refractivity contribution in [2.45, 2.75) is 0 Å². The van der Waals surface area contributed by atoms with Crippen molar-refractivity contribution >= 4 is 11.7 Å². The minimum atomic E-state index is -0.0130. The molecular formula is C19H17N7O. The standard InChI is InChI=1S/C19H17N7O/c20-12-15-1-3-16(4-2-15)19(27)25-9-7-24(8-10-25)17-11-18(23-13-22-17)26-6-5-21-14-26/h1-6,11,13-14H,7-10H2. The molecule has 0 bridgehead atoms. The number of amides is 1. The molecule has 3 aromatic rings. The maximum atomic E-state index is 12.6. The van der Waals surface area contributed by atoms with Gasteiger partial charge in [0, 0.05) is 50.2 Å². The zero-order valence-corrected chi connectivity index (χ0v) is 14.6. The van der Waals surface area contributed by atoms with E-state index in [0.29, 0.717) is 37.3 Å². The van der Waals surface area contributed by atoms with Gasteiger partial charge in [0.2, 0.25) is 0 Å². The number of hydrogen-bond donors (Lipinski definition) is 0. The van der Waals surface area contributed by atoms with Crippen molar-refractivity contribution in [2.24, 2.45) is 0 Å². The van der Waals surface area contributed by atoms with Crippen LogP contribution in [0.2, 0.25) is 0 Å². The fourth-order valence-corrected chi connectivity index (χ4v) is 3.05. The Morgan fingerprint density at radius 1 is 1.04 bits per heavy atom. The number of hydrogen-bond acceptors (Lipinski definition) is 6.